The van der Waals surface area contributed by atoms with Crippen molar-refractivity contribution in [2.75, 3.05) is 40.0 Å². The van der Waals surface area contributed by atoms with Crippen LogP contribution < -0.4 is 5.32 Å². The first kappa shape index (κ1) is 15.2. The van der Waals surface area contributed by atoms with Crippen molar-refractivity contribution < 1.29 is 8.42 Å². The molecule has 5 nitrogen and oxygen atoms in total. The van der Waals surface area contributed by atoms with Gasteiger partial charge in [-0.3, -0.25) is 0 Å². The standard InChI is InChI=1S/C13H27N3O2S/c1-15(2)13(7-4-8-13)11-16(3)19(17,18)10-9-14-12-5-6-12/h12,14H,4-11H2,1-3H3. The zero-order valence-electron chi connectivity index (χ0n) is 12.4. The molecule has 2 aliphatic carbocycles. The molecule has 2 rings (SSSR count). The predicted molar refractivity (Wildman–Crippen MR) is 77.7 cm³/mol. The van der Waals surface area contributed by atoms with Gasteiger partial charge in [0.25, 0.3) is 0 Å². The Labute approximate surface area is 117 Å². The van der Waals surface area contributed by atoms with Crippen molar-refractivity contribution in [2.24, 2.45) is 0 Å². The second kappa shape index (κ2) is 5.68. The number of hydrogen-bond acceptors (Lipinski definition) is 4. The smallest absolute Gasteiger partial charge is 0.215 e. The average molecular weight is 289 g/mol. The molecule has 0 unspecified atom stereocenters. The lowest BCUT2D eigenvalue weighted by Crippen LogP contribution is -2.57. The maximum atomic E-state index is 12.2. The van der Waals surface area contributed by atoms with Gasteiger partial charge in [-0.05, 0) is 46.2 Å². The highest BCUT2D eigenvalue weighted by atomic mass is 32.2. The van der Waals surface area contributed by atoms with E-state index in [1.165, 1.54) is 19.3 Å². The van der Waals surface area contributed by atoms with Gasteiger partial charge in [-0.2, -0.15) is 0 Å². The fraction of sp³-hybridized carbons (Fsp3) is 1.00. The van der Waals surface area contributed by atoms with E-state index in [0.717, 1.165) is 12.8 Å². The molecule has 2 fully saturated rings. The zero-order valence-corrected chi connectivity index (χ0v) is 13.2. The van der Waals surface area contributed by atoms with Crippen molar-refractivity contribution >= 4 is 10.0 Å². The van der Waals surface area contributed by atoms with Gasteiger partial charge in [0.15, 0.2) is 0 Å². The van der Waals surface area contributed by atoms with E-state index in [-0.39, 0.29) is 11.3 Å². The normalized spacial score (nSPS) is 22.8. The zero-order chi connectivity index (χ0) is 14.1. The SMILES string of the molecule is CN(C)C1(CN(C)S(=O)(=O)CCNC2CC2)CCC1. The van der Waals surface area contributed by atoms with Crippen molar-refractivity contribution in [1.82, 2.24) is 14.5 Å². The summed E-state index contributed by atoms with van der Waals surface area (Å²) in [5.41, 5.74) is 0.0613. The van der Waals surface area contributed by atoms with Crippen LogP contribution in [0.25, 0.3) is 0 Å². The van der Waals surface area contributed by atoms with Gasteiger partial charge in [-0.15, -0.1) is 0 Å². The molecule has 0 bridgehead atoms. The van der Waals surface area contributed by atoms with E-state index >= 15 is 0 Å². The number of hydrogen-bond donors (Lipinski definition) is 1. The topological polar surface area (TPSA) is 52.7 Å². The Morgan fingerprint density at radius 3 is 2.26 bits per heavy atom. The second-order valence-corrected chi connectivity index (χ2v) is 8.47. The van der Waals surface area contributed by atoms with Gasteiger partial charge in [0, 0.05) is 31.7 Å². The molecule has 2 aliphatic rings. The molecule has 6 heteroatoms. The Bertz CT molecular complexity index is 400. The minimum Gasteiger partial charge on any atom is -0.313 e. The summed E-state index contributed by atoms with van der Waals surface area (Å²) in [5, 5.41) is 3.26. The molecular formula is C13H27N3O2S. The van der Waals surface area contributed by atoms with Gasteiger partial charge >= 0.3 is 0 Å². The number of rotatable bonds is 8. The van der Waals surface area contributed by atoms with Gasteiger partial charge in [-0.1, -0.05) is 0 Å². The monoisotopic (exact) mass is 289 g/mol. The van der Waals surface area contributed by atoms with Crippen LogP contribution in [-0.4, -0.2) is 69.2 Å². The molecular weight excluding hydrogens is 262 g/mol. The summed E-state index contributed by atoms with van der Waals surface area (Å²) in [6, 6.07) is 0.570. The number of nitrogens with zero attached hydrogens (tertiary/aromatic N) is 2. The molecule has 0 atom stereocenters. The molecule has 0 amide bonds. The Morgan fingerprint density at radius 2 is 1.84 bits per heavy atom. The van der Waals surface area contributed by atoms with Gasteiger partial charge in [0.2, 0.25) is 10.0 Å². The first-order valence-corrected chi connectivity index (χ1v) is 8.81. The molecule has 0 aromatic rings. The van der Waals surface area contributed by atoms with E-state index < -0.39 is 10.0 Å². The summed E-state index contributed by atoms with van der Waals surface area (Å²) in [6.07, 6.45) is 5.79. The van der Waals surface area contributed by atoms with Crippen LogP contribution >= 0.6 is 0 Å². The third-order valence-electron chi connectivity index (χ3n) is 4.60. The Morgan fingerprint density at radius 1 is 1.21 bits per heavy atom. The Balaban J connectivity index is 1.84. The number of sulfonamides is 1. The van der Waals surface area contributed by atoms with Crippen LogP contribution in [0.4, 0.5) is 0 Å². The first-order chi connectivity index (χ1) is 8.86. The van der Waals surface area contributed by atoms with E-state index in [9.17, 15) is 8.42 Å². The quantitative estimate of drug-likeness (QED) is 0.706. The highest BCUT2D eigenvalue weighted by molar-refractivity contribution is 7.89. The fourth-order valence-corrected chi connectivity index (χ4v) is 3.80. The second-order valence-electron chi connectivity index (χ2n) is 6.27. The van der Waals surface area contributed by atoms with Crippen LogP contribution in [0, 0.1) is 0 Å². The summed E-state index contributed by atoms with van der Waals surface area (Å²) in [6.45, 7) is 1.19. The molecule has 2 saturated carbocycles. The third-order valence-corrected chi connectivity index (χ3v) is 6.39. The summed E-state index contributed by atoms with van der Waals surface area (Å²) in [7, 11) is 2.69. The van der Waals surface area contributed by atoms with Crippen LogP contribution in [0.1, 0.15) is 32.1 Å². The van der Waals surface area contributed by atoms with Gasteiger partial charge in [0.1, 0.15) is 0 Å². The molecule has 112 valence electrons. The molecule has 0 radical (unpaired) electrons. The van der Waals surface area contributed by atoms with Crippen molar-refractivity contribution in [2.45, 2.75) is 43.7 Å². The van der Waals surface area contributed by atoms with Crippen molar-refractivity contribution in [3.63, 3.8) is 0 Å². The lowest BCUT2D eigenvalue weighted by Gasteiger charge is -2.49. The van der Waals surface area contributed by atoms with Crippen LogP contribution in [0.2, 0.25) is 0 Å². The van der Waals surface area contributed by atoms with E-state index in [1.807, 2.05) is 14.1 Å². The molecule has 0 aromatic carbocycles. The summed E-state index contributed by atoms with van der Waals surface area (Å²) in [5.74, 6) is 0.212. The highest BCUT2D eigenvalue weighted by Crippen LogP contribution is 2.37. The molecule has 0 saturated heterocycles. The molecule has 1 N–H and O–H groups in total. The maximum Gasteiger partial charge on any atom is 0.215 e. The van der Waals surface area contributed by atoms with E-state index in [2.05, 4.69) is 10.2 Å². The van der Waals surface area contributed by atoms with Crippen molar-refractivity contribution in [3.8, 4) is 0 Å². The Hall–Kier alpha value is -0.170. The maximum absolute atomic E-state index is 12.2. The average Bonchev–Trinajstić information content (AvgIpc) is 3.06. The molecule has 0 aliphatic heterocycles. The van der Waals surface area contributed by atoms with Crippen LogP contribution in [-0.2, 0) is 10.0 Å². The van der Waals surface area contributed by atoms with Crippen LogP contribution in [0.15, 0.2) is 0 Å². The van der Waals surface area contributed by atoms with E-state index in [4.69, 9.17) is 0 Å². The predicted octanol–water partition coefficient (Wildman–Crippen LogP) is 0.484. The van der Waals surface area contributed by atoms with Gasteiger partial charge in [0.05, 0.1) is 5.75 Å². The molecule has 0 heterocycles. The van der Waals surface area contributed by atoms with Gasteiger partial charge < -0.3 is 10.2 Å². The number of likely N-dealkylation sites (N-methyl/N-ethyl adjacent to an activating group) is 2. The van der Waals surface area contributed by atoms with Crippen LogP contribution in [0.3, 0.4) is 0 Å². The minimum absolute atomic E-state index is 0.0613. The Kier molecular flexibility index (Phi) is 4.55. The van der Waals surface area contributed by atoms with E-state index in [0.29, 0.717) is 19.1 Å². The van der Waals surface area contributed by atoms with E-state index in [1.54, 1.807) is 11.4 Å². The largest absolute Gasteiger partial charge is 0.313 e. The number of nitrogens with one attached hydrogen (secondary N) is 1. The van der Waals surface area contributed by atoms with Crippen molar-refractivity contribution in [1.29, 1.82) is 0 Å². The lowest BCUT2D eigenvalue weighted by atomic mass is 9.75. The summed E-state index contributed by atoms with van der Waals surface area (Å²) >= 11 is 0. The molecule has 0 aromatic heterocycles. The summed E-state index contributed by atoms with van der Waals surface area (Å²) in [4.78, 5) is 2.19. The lowest BCUT2D eigenvalue weighted by molar-refractivity contribution is 0.0455. The third kappa shape index (κ3) is 3.68. The summed E-state index contributed by atoms with van der Waals surface area (Å²) < 4.78 is 26.0. The first-order valence-electron chi connectivity index (χ1n) is 7.21. The van der Waals surface area contributed by atoms with Crippen LogP contribution in [0.5, 0.6) is 0 Å². The fourth-order valence-electron chi connectivity index (χ4n) is 2.68. The van der Waals surface area contributed by atoms with Gasteiger partial charge in [-0.25, -0.2) is 12.7 Å². The minimum atomic E-state index is -3.13. The highest BCUT2D eigenvalue weighted by Gasteiger charge is 2.41. The molecule has 19 heavy (non-hydrogen) atoms. The van der Waals surface area contributed by atoms with Crippen molar-refractivity contribution in [3.05, 3.63) is 0 Å². The molecule has 0 spiro atoms.